The van der Waals surface area contributed by atoms with Crippen molar-refractivity contribution in [3.8, 4) is 17.7 Å². The number of nitrogens with one attached hydrogen (secondary N) is 1. The fraction of sp³-hybridized carbons (Fsp3) is 0.120. The molecule has 0 bridgehead atoms. The Morgan fingerprint density at radius 3 is 2.68 bits per heavy atom. The number of aryl methyl sites for hydroxylation is 1. The van der Waals surface area contributed by atoms with E-state index < -0.39 is 0 Å². The van der Waals surface area contributed by atoms with E-state index in [4.69, 9.17) is 15.2 Å². The van der Waals surface area contributed by atoms with E-state index in [1.165, 1.54) is 10.8 Å². The second-order valence-electron chi connectivity index (χ2n) is 7.49. The van der Waals surface area contributed by atoms with E-state index in [9.17, 15) is 5.26 Å². The number of ether oxygens (including phenoxy) is 2. The first-order valence-corrected chi connectivity index (χ1v) is 9.97. The highest BCUT2D eigenvalue weighted by Crippen LogP contribution is 2.42. The number of aromatic amines is 1. The Kier molecular flexibility index (Phi) is 4.57. The fourth-order valence-corrected chi connectivity index (χ4v) is 4.07. The Balaban J connectivity index is 1.41. The summed E-state index contributed by atoms with van der Waals surface area (Å²) in [5, 5.41) is 19.1. The average Bonchev–Trinajstić information content (AvgIpc) is 3.17. The highest BCUT2D eigenvalue weighted by Gasteiger charge is 2.34. The lowest BCUT2D eigenvalue weighted by atomic mass is 9.84. The van der Waals surface area contributed by atoms with Crippen molar-refractivity contribution in [2.45, 2.75) is 19.4 Å². The predicted molar refractivity (Wildman–Crippen MR) is 117 cm³/mol. The molecule has 0 saturated heterocycles. The number of allylic oxidation sites excluding steroid dienone is 1. The first kappa shape index (κ1) is 18.8. The number of fused-ring (bicyclic) bond motifs is 2. The largest absolute Gasteiger partial charge is 0.489 e. The van der Waals surface area contributed by atoms with Crippen molar-refractivity contribution < 1.29 is 9.47 Å². The van der Waals surface area contributed by atoms with Gasteiger partial charge in [0.15, 0.2) is 0 Å². The molecule has 2 heterocycles. The summed E-state index contributed by atoms with van der Waals surface area (Å²) in [5.41, 5.74) is 10.1. The summed E-state index contributed by atoms with van der Waals surface area (Å²) in [5.74, 6) is 0.918. The lowest BCUT2D eigenvalue weighted by Gasteiger charge is -2.23. The fourth-order valence-electron chi connectivity index (χ4n) is 4.07. The molecule has 0 fully saturated rings. The molecule has 152 valence electrons. The van der Waals surface area contributed by atoms with Crippen LogP contribution in [-0.4, -0.2) is 10.2 Å². The molecule has 3 N–H and O–H groups in total. The van der Waals surface area contributed by atoms with Gasteiger partial charge in [0.25, 0.3) is 0 Å². The van der Waals surface area contributed by atoms with Crippen molar-refractivity contribution in [3.05, 3.63) is 101 Å². The molecule has 0 saturated carbocycles. The zero-order valence-electron chi connectivity index (χ0n) is 16.9. The molecule has 0 aliphatic carbocycles. The summed E-state index contributed by atoms with van der Waals surface area (Å²) in [7, 11) is 0. The van der Waals surface area contributed by atoms with Crippen LogP contribution >= 0.6 is 0 Å². The quantitative estimate of drug-likeness (QED) is 0.511. The average molecular weight is 408 g/mol. The van der Waals surface area contributed by atoms with Crippen LogP contribution in [0.25, 0.3) is 10.8 Å². The standard InChI is InChI=1S/C25H20N4O2/c1-15-22-23(21(13-26)24(27)31-25(22)29-28-15)17-9-11-19(12-10-17)30-14-18-7-4-6-16-5-2-3-8-20(16)18/h2-12,23H,14,27H2,1H3,(H,28,29). The number of hydrogen-bond donors (Lipinski definition) is 2. The Hall–Kier alpha value is -4.24. The van der Waals surface area contributed by atoms with Gasteiger partial charge in [0, 0.05) is 11.3 Å². The third-order valence-electron chi connectivity index (χ3n) is 5.62. The van der Waals surface area contributed by atoms with E-state index in [1.807, 2.05) is 49.4 Å². The summed E-state index contributed by atoms with van der Waals surface area (Å²) in [6.45, 7) is 2.37. The number of rotatable bonds is 4. The van der Waals surface area contributed by atoms with Crippen molar-refractivity contribution >= 4 is 10.8 Å². The summed E-state index contributed by atoms with van der Waals surface area (Å²) in [6.07, 6.45) is 0. The Bertz CT molecular complexity index is 1340. The lowest BCUT2D eigenvalue weighted by molar-refractivity contribution is 0.307. The van der Waals surface area contributed by atoms with E-state index in [-0.39, 0.29) is 11.8 Å². The van der Waals surface area contributed by atoms with Crippen LogP contribution in [0.3, 0.4) is 0 Å². The number of hydrogen-bond acceptors (Lipinski definition) is 5. The third-order valence-corrected chi connectivity index (χ3v) is 5.62. The van der Waals surface area contributed by atoms with Crippen LogP contribution < -0.4 is 15.2 Å². The maximum absolute atomic E-state index is 9.68. The Morgan fingerprint density at radius 2 is 1.87 bits per heavy atom. The molecule has 1 unspecified atom stereocenters. The molecule has 1 aliphatic heterocycles. The topological polar surface area (TPSA) is 97.0 Å². The first-order chi connectivity index (χ1) is 15.2. The monoisotopic (exact) mass is 408 g/mol. The molecule has 5 rings (SSSR count). The number of nitrogens with zero attached hydrogens (tertiary/aromatic N) is 2. The third kappa shape index (κ3) is 3.26. The van der Waals surface area contributed by atoms with Gasteiger partial charge in [-0.1, -0.05) is 54.6 Å². The van der Waals surface area contributed by atoms with Crippen LogP contribution in [0.1, 0.15) is 28.3 Å². The molecule has 6 heteroatoms. The molecule has 31 heavy (non-hydrogen) atoms. The molecule has 1 aromatic heterocycles. The van der Waals surface area contributed by atoms with Gasteiger partial charge in [0.2, 0.25) is 11.8 Å². The molecule has 0 spiro atoms. The Labute approximate surface area is 179 Å². The van der Waals surface area contributed by atoms with E-state index in [1.54, 1.807) is 0 Å². The van der Waals surface area contributed by atoms with Gasteiger partial charge in [0.05, 0.1) is 5.92 Å². The molecule has 4 aromatic rings. The molecule has 0 radical (unpaired) electrons. The van der Waals surface area contributed by atoms with Gasteiger partial charge < -0.3 is 15.2 Å². The van der Waals surface area contributed by atoms with Gasteiger partial charge in [0.1, 0.15) is 24.0 Å². The summed E-state index contributed by atoms with van der Waals surface area (Å²) >= 11 is 0. The normalized spacial score (nSPS) is 15.3. The Morgan fingerprint density at radius 1 is 1.10 bits per heavy atom. The van der Waals surface area contributed by atoms with Gasteiger partial charge >= 0.3 is 0 Å². The van der Waals surface area contributed by atoms with Gasteiger partial charge in [-0.05, 0) is 41.0 Å². The van der Waals surface area contributed by atoms with Gasteiger partial charge in [-0.25, -0.2) is 0 Å². The molecule has 0 amide bonds. The van der Waals surface area contributed by atoms with E-state index >= 15 is 0 Å². The SMILES string of the molecule is Cc1[nH]nc2c1C(c1ccc(OCc3cccc4ccccc34)cc1)C(C#N)=C(N)O2. The number of aromatic nitrogens is 2. The lowest BCUT2D eigenvalue weighted by Crippen LogP contribution is -2.21. The highest BCUT2D eigenvalue weighted by atomic mass is 16.5. The highest BCUT2D eigenvalue weighted by molar-refractivity contribution is 5.85. The maximum atomic E-state index is 9.68. The first-order valence-electron chi connectivity index (χ1n) is 9.97. The van der Waals surface area contributed by atoms with Crippen LogP contribution in [0.2, 0.25) is 0 Å². The van der Waals surface area contributed by atoms with Crippen molar-refractivity contribution in [1.29, 1.82) is 5.26 Å². The molecule has 3 aromatic carbocycles. The molecule has 1 aliphatic rings. The van der Waals surface area contributed by atoms with Crippen LogP contribution in [0.5, 0.6) is 11.6 Å². The number of H-pyrrole nitrogens is 1. The van der Waals surface area contributed by atoms with Crippen LogP contribution in [0.15, 0.2) is 78.2 Å². The van der Waals surface area contributed by atoms with Gasteiger partial charge in [-0.3, -0.25) is 5.10 Å². The van der Waals surface area contributed by atoms with Crippen molar-refractivity contribution in [3.63, 3.8) is 0 Å². The van der Waals surface area contributed by atoms with Crippen molar-refractivity contribution in [2.24, 2.45) is 5.73 Å². The zero-order chi connectivity index (χ0) is 21.4. The maximum Gasteiger partial charge on any atom is 0.244 e. The molecular formula is C25H20N4O2. The van der Waals surface area contributed by atoms with Crippen LogP contribution in [-0.2, 0) is 6.61 Å². The summed E-state index contributed by atoms with van der Waals surface area (Å²) < 4.78 is 11.6. The number of nitrogens with two attached hydrogens (primary N) is 1. The van der Waals surface area contributed by atoms with Crippen molar-refractivity contribution in [2.75, 3.05) is 0 Å². The second-order valence-corrected chi connectivity index (χ2v) is 7.49. The second kappa shape index (κ2) is 7.54. The molecular weight excluding hydrogens is 388 g/mol. The summed E-state index contributed by atoms with van der Waals surface area (Å²) in [6, 6.07) is 24.4. The van der Waals surface area contributed by atoms with Crippen LogP contribution in [0.4, 0.5) is 0 Å². The summed E-state index contributed by atoms with van der Waals surface area (Å²) in [4.78, 5) is 0. The van der Waals surface area contributed by atoms with E-state index in [0.717, 1.165) is 28.1 Å². The zero-order valence-corrected chi connectivity index (χ0v) is 16.9. The molecule has 6 nitrogen and oxygen atoms in total. The van der Waals surface area contributed by atoms with E-state index in [0.29, 0.717) is 18.1 Å². The number of nitriles is 1. The van der Waals surface area contributed by atoms with Gasteiger partial charge in [-0.15, -0.1) is 5.10 Å². The number of benzene rings is 3. The smallest absolute Gasteiger partial charge is 0.244 e. The molecule has 1 atom stereocenters. The van der Waals surface area contributed by atoms with E-state index in [2.05, 4.69) is 40.5 Å². The van der Waals surface area contributed by atoms with Crippen LogP contribution in [0, 0.1) is 18.3 Å². The van der Waals surface area contributed by atoms with Crippen molar-refractivity contribution in [1.82, 2.24) is 10.2 Å². The minimum absolute atomic E-state index is 0.0859. The minimum atomic E-state index is -0.334. The predicted octanol–water partition coefficient (Wildman–Crippen LogP) is 4.67. The van der Waals surface area contributed by atoms with Gasteiger partial charge in [-0.2, -0.15) is 5.26 Å². The minimum Gasteiger partial charge on any atom is -0.489 e.